The number of anilines is 2. The van der Waals surface area contributed by atoms with Gasteiger partial charge in [-0.25, -0.2) is 0 Å². The summed E-state index contributed by atoms with van der Waals surface area (Å²) in [5.41, 5.74) is 1.69. The van der Waals surface area contributed by atoms with Gasteiger partial charge in [-0.05, 0) is 79.4 Å². The number of amides is 4. The summed E-state index contributed by atoms with van der Waals surface area (Å²) in [5, 5.41) is 10.6. The van der Waals surface area contributed by atoms with Crippen molar-refractivity contribution in [3.8, 4) is 0 Å². The maximum Gasteiger partial charge on any atom is 0.238 e. The highest BCUT2D eigenvalue weighted by molar-refractivity contribution is 6.31. The van der Waals surface area contributed by atoms with E-state index in [1.807, 2.05) is 6.08 Å². The van der Waals surface area contributed by atoms with Crippen molar-refractivity contribution in [3.63, 3.8) is 0 Å². The highest BCUT2D eigenvalue weighted by Crippen LogP contribution is 2.58. The van der Waals surface area contributed by atoms with E-state index in [9.17, 15) is 24.3 Å². The maximum absolute atomic E-state index is 14.0. The third kappa shape index (κ3) is 3.92. The Balaban J connectivity index is 1.32. The van der Waals surface area contributed by atoms with Crippen molar-refractivity contribution >= 4 is 58.2 Å². The number of carbonyl (C=O) groups is 4. The summed E-state index contributed by atoms with van der Waals surface area (Å²) >= 11 is 12.1. The fourth-order valence-electron chi connectivity index (χ4n) is 7.24. The summed E-state index contributed by atoms with van der Waals surface area (Å²) < 4.78 is 5.97. The number of carbonyl (C=O) groups excluding carboxylic acids is 4. The number of benzene rings is 2. The molecule has 2 saturated heterocycles. The van der Waals surface area contributed by atoms with Gasteiger partial charge in [-0.3, -0.25) is 29.0 Å². The normalized spacial score (nSPS) is 29.0. The fraction of sp³-hybridized carbons (Fsp3) is 0.290. The standard InChI is InChI=1S/C31H24Cl2N2O6/c32-15-1-5-17(6-2-15)34-28(37)21-11-10-20-22(25(21)30(34)39)13-23-27(26(20)24-12-9-19(14-36)41-24)31(40)35(29(23)38)18-7-3-16(33)4-8-18/h1-10,12,21-23,25-27,36H,11,13-14H2/t21-,22+,23+,25-,26+,27+/m0/s1. The first-order valence-corrected chi connectivity index (χ1v) is 14.2. The van der Waals surface area contributed by atoms with Crippen LogP contribution in [0.5, 0.6) is 0 Å². The van der Waals surface area contributed by atoms with E-state index in [4.69, 9.17) is 27.6 Å². The molecule has 4 aliphatic rings. The molecule has 1 aromatic heterocycles. The average Bonchev–Trinajstić information content (AvgIpc) is 3.62. The molecular formula is C31H24Cl2N2O6. The van der Waals surface area contributed by atoms with Crippen molar-refractivity contribution in [1.29, 1.82) is 0 Å². The van der Waals surface area contributed by atoms with Gasteiger partial charge in [0.15, 0.2) is 0 Å². The van der Waals surface area contributed by atoms with Crippen molar-refractivity contribution in [3.05, 3.63) is 93.9 Å². The van der Waals surface area contributed by atoms with E-state index in [0.717, 1.165) is 5.57 Å². The van der Waals surface area contributed by atoms with E-state index in [1.54, 1.807) is 60.7 Å². The molecule has 3 aromatic rings. The molecule has 0 unspecified atom stereocenters. The van der Waals surface area contributed by atoms with Gasteiger partial charge >= 0.3 is 0 Å². The second kappa shape index (κ2) is 9.69. The summed E-state index contributed by atoms with van der Waals surface area (Å²) in [6.45, 7) is -0.319. The van der Waals surface area contributed by atoms with Gasteiger partial charge in [-0.2, -0.15) is 0 Å². The molecule has 7 rings (SSSR count). The molecule has 0 radical (unpaired) electrons. The Labute approximate surface area is 245 Å². The Morgan fingerprint density at radius 3 is 1.83 bits per heavy atom. The van der Waals surface area contributed by atoms with E-state index in [2.05, 4.69) is 0 Å². The van der Waals surface area contributed by atoms with Crippen LogP contribution in [0.1, 0.15) is 30.3 Å². The van der Waals surface area contributed by atoms with E-state index in [-0.39, 0.29) is 36.7 Å². The Hall–Kier alpha value is -3.72. The molecule has 41 heavy (non-hydrogen) atoms. The number of fused-ring (bicyclic) bond motifs is 4. The molecule has 208 valence electrons. The Morgan fingerprint density at radius 2 is 1.27 bits per heavy atom. The van der Waals surface area contributed by atoms with Crippen LogP contribution in [-0.4, -0.2) is 28.7 Å². The molecule has 2 aliphatic carbocycles. The van der Waals surface area contributed by atoms with E-state index in [0.29, 0.717) is 39.4 Å². The van der Waals surface area contributed by atoms with Crippen LogP contribution in [0.15, 0.2) is 76.7 Å². The number of hydrogen-bond acceptors (Lipinski definition) is 6. The van der Waals surface area contributed by atoms with Gasteiger partial charge in [-0.1, -0.05) is 34.9 Å². The number of furan rings is 1. The van der Waals surface area contributed by atoms with Crippen LogP contribution in [0.4, 0.5) is 11.4 Å². The summed E-state index contributed by atoms with van der Waals surface area (Å²) in [4.78, 5) is 57.9. The summed E-state index contributed by atoms with van der Waals surface area (Å²) in [5.74, 6) is -4.33. The van der Waals surface area contributed by atoms with Crippen LogP contribution in [0.3, 0.4) is 0 Å². The van der Waals surface area contributed by atoms with Crippen LogP contribution in [0.2, 0.25) is 10.0 Å². The van der Waals surface area contributed by atoms with Gasteiger partial charge in [-0.15, -0.1) is 0 Å². The summed E-state index contributed by atoms with van der Waals surface area (Å²) in [7, 11) is 0. The zero-order chi connectivity index (χ0) is 28.6. The maximum atomic E-state index is 14.0. The quantitative estimate of drug-likeness (QED) is 0.333. The number of rotatable bonds is 4. The zero-order valence-corrected chi connectivity index (χ0v) is 23.1. The minimum atomic E-state index is -0.755. The van der Waals surface area contributed by atoms with Crippen LogP contribution < -0.4 is 9.80 Å². The number of aliphatic hydroxyl groups excluding tert-OH is 1. The molecule has 6 atom stereocenters. The predicted molar refractivity (Wildman–Crippen MR) is 150 cm³/mol. The first-order valence-electron chi connectivity index (χ1n) is 13.4. The van der Waals surface area contributed by atoms with Gasteiger partial charge < -0.3 is 9.52 Å². The SMILES string of the molecule is O=C1[C@H]2[C@H](CC=C3[C@H]2C[C@H]2C(=O)N(c4ccc(Cl)cc4)C(=O)[C@H]2[C@H]3c2ccc(CO)o2)C(=O)N1c1ccc(Cl)cc1. The first kappa shape index (κ1) is 26.2. The van der Waals surface area contributed by atoms with Gasteiger partial charge in [0.25, 0.3) is 0 Å². The highest BCUT2D eigenvalue weighted by Gasteiger charge is 2.62. The number of allylic oxidation sites excluding steroid dienone is 2. The molecule has 0 bridgehead atoms. The van der Waals surface area contributed by atoms with Gasteiger partial charge in [0.1, 0.15) is 18.1 Å². The number of halogens is 2. The molecule has 3 fully saturated rings. The number of aliphatic hydroxyl groups is 1. The van der Waals surface area contributed by atoms with Crippen molar-refractivity contribution in [1.82, 2.24) is 0 Å². The molecule has 4 amide bonds. The largest absolute Gasteiger partial charge is 0.463 e. The molecule has 3 heterocycles. The van der Waals surface area contributed by atoms with E-state index >= 15 is 0 Å². The second-order valence-electron chi connectivity index (χ2n) is 11.0. The van der Waals surface area contributed by atoms with Crippen molar-refractivity contribution < 1.29 is 28.7 Å². The van der Waals surface area contributed by atoms with Gasteiger partial charge in [0, 0.05) is 10.0 Å². The Morgan fingerprint density at radius 1 is 0.707 bits per heavy atom. The topological polar surface area (TPSA) is 108 Å². The monoisotopic (exact) mass is 590 g/mol. The second-order valence-corrected chi connectivity index (χ2v) is 11.8. The molecule has 10 heteroatoms. The van der Waals surface area contributed by atoms with Crippen LogP contribution in [-0.2, 0) is 25.8 Å². The zero-order valence-electron chi connectivity index (χ0n) is 21.6. The molecular weight excluding hydrogens is 567 g/mol. The number of hydrogen-bond donors (Lipinski definition) is 1. The predicted octanol–water partition coefficient (Wildman–Crippen LogP) is 5.12. The first-order chi connectivity index (χ1) is 19.8. The molecule has 0 spiro atoms. The molecule has 8 nitrogen and oxygen atoms in total. The minimum absolute atomic E-state index is 0.254. The van der Waals surface area contributed by atoms with Crippen LogP contribution in [0, 0.1) is 29.6 Å². The lowest BCUT2D eigenvalue weighted by Crippen LogP contribution is -2.43. The Kier molecular flexibility index (Phi) is 6.19. The van der Waals surface area contributed by atoms with Crippen molar-refractivity contribution in [2.24, 2.45) is 29.6 Å². The lowest BCUT2D eigenvalue weighted by molar-refractivity contribution is -0.126. The molecule has 1 N–H and O–H groups in total. The van der Waals surface area contributed by atoms with Gasteiger partial charge in [0.2, 0.25) is 23.6 Å². The van der Waals surface area contributed by atoms with Gasteiger partial charge in [0.05, 0.1) is 41.0 Å². The van der Waals surface area contributed by atoms with Crippen LogP contribution in [0.25, 0.3) is 0 Å². The van der Waals surface area contributed by atoms with Crippen LogP contribution >= 0.6 is 23.2 Å². The number of nitrogens with zero attached hydrogens (tertiary/aromatic N) is 2. The lowest BCUT2D eigenvalue weighted by atomic mass is 9.58. The molecule has 2 aromatic carbocycles. The third-order valence-electron chi connectivity index (χ3n) is 8.96. The van der Waals surface area contributed by atoms with E-state index < -0.39 is 35.5 Å². The van der Waals surface area contributed by atoms with Crippen molar-refractivity contribution in [2.45, 2.75) is 25.4 Å². The Bertz CT molecular complexity index is 1630. The lowest BCUT2D eigenvalue weighted by Gasteiger charge is -2.43. The molecule has 1 saturated carbocycles. The third-order valence-corrected chi connectivity index (χ3v) is 9.47. The average molecular weight is 591 g/mol. The number of imide groups is 2. The highest BCUT2D eigenvalue weighted by atomic mass is 35.5. The fourth-order valence-corrected chi connectivity index (χ4v) is 7.49. The minimum Gasteiger partial charge on any atom is -0.463 e. The summed E-state index contributed by atoms with van der Waals surface area (Å²) in [6.07, 6.45) is 2.53. The smallest absolute Gasteiger partial charge is 0.238 e. The summed E-state index contributed by atoms with van der Waals surface area (Å²) in [6, 6.07) is 16.4. The molecule has 2 aliphatic heterocycles. The van der Waals surface area contributed by atoms with Crippen molar-refractivity contribution in [2.75, 3.05) is 9.80 Å². The van der Waals surface area contributed by atoms with E-state index in [1.165, 1.54) is 9.80 Å².